The molecule has 2 saturated heterocycles. The number of hydrogen-bond acceptors (Lipinski definition) is 7. The highest BCUT2D eigenvalue weighted by Crippen LogP contribution is 2.33. The molecule has 2 aromatic rings. The molecule has 0 aliphatic carbocycles. The van der Waals surface area contributed by atoms with Crippen molar-refractivity contribution in [3.63, 3.8) is 0 Å². The van der Waals surface area contributed by atoms with E-state index in [0.29, 0.717) is 29.5 Å². The van der Waals surface area contributed by atoms with Gasteiger partial charge in [-0.15, -0.1) is 10.2 Å². The Hall–Kier alpha value is -2.04. The Kier molecular flexibility index (Phi) is 7.07. The molecule has 33 heavy (non-hydrogen) atoms. The number of hydrogen-bond donors (Lipinski definition) is 1. The molecule has 8 nitrogen and oxygen atoms in total. The SMILES string of the molecule is CC(C)(C)c1nnc(NC(=O)c2ccc(N3CCCCC3)c(S(=O)(=O)N3CCCCC3)c2)s1. The van der Waals surface area contributed by atoms with Gasteiger partial charge in [-0.05, 0) is 50.3 Å². The summed E-state index contributed by atoms with van der Waals surface area (Å²) < 4.78 is 28.9. The van der Waals surface area contributed by atoms with Gasteiger partial charge in [-0.1, -0.05) is 38.5 Å². The van der Waals surface area contributed by atoms with Gasteiger partial charge in [-0.2, -0.15) is 4.31 Å². The lowest BCUT2D eigenvalue weighted by Gasteiger charge is -2.33. The predicted octanol–water partition coefficient (Wildman–Crippen LogP) is 4.25. The van der Waals surface area contributed by atoms with Crippen LogP contribution in [0, 0.1) is 0 Å². The number of carbonyl (C=O) groups excluding carboxylic acids is 1. The van der Waals surface area contributed by atoms with Gasteiger partial charge in [0.2, 0.25) is 15.2 Å². The fourth-order valence-electron chi connectivity index (χ4n) is 4.25. The Bertz CT molecular complexity index is 1100. The summed E-state index contributed by atoms with van der Waals surface area (Å²) in [6.07, 6.45) is 6.02. The number of carbonyl (C=O) groups is 1. The van der Waals surface area contributed by atoms with E-state index >= 15 is 0 Å². The summed E-state index contributed by atoms with van der Waals surface area (Å²) in [4.78, 5) is 15.4. The van der Waals surface area contributed by atoms with Crippen LogP contribution in [0.25, 0.3) is 0 Å². The fourth-order valence-corrected chi connectivity index (χ4v) is 6.80. The summed E-state index contributed by atoms with van der Waals surface area (Å²) in [5.74, 6) is -0.383. The average Bonchev–Trinajstić information content (AvgIpc) is 3.29. The lowest BCUT2D eigenvalue weighted by atomic mass is 9.98. The van der Waals surface area contributed by atoms with Crippen LogP contribution in [-0.2, 0) is 15.4 Å². The maximum Gasteiger partial charge on any atom is 0.257 e. The molecule has 1 amide bonds. The summed E-state index contributed by atoms with van der Waals surface area (Å²) >= 11 is 1.33. The van der Waals surface area contributed by atoms with Crippen molar-refractivity contribution in [3.8, 4) is 0 Å². The summed E-state index contributed by atoms with van der Waals surface area (Å²) in [5, 5.41) is 12.3. The van der Waals surface area contributed by atoms with Crippen LogP contribution in [0.15, 0.2) is 23.1 Å². The molecule has 1 aromatic heterocycles. The molecule has 0 atom stereocenters. The molecule has 2 aliphatic heterocycles. The zero-order valence-electron chi connectivity index (χ0n) is 19.6. The number of amides is 1. The molecule has 1 aromatic carbocycles. The summed E-state index contributed by atoms with van der Waals surface area (Å²) in [5.41, 5.74) is 0.841. The number of rotatable bonds is 5. The van der Waals surface area contributed by atoms with Crippen LogP contribution >= 0.6 is 11.3 Å². The van der Waals surface area contributed by atoms with Gasteiger partial charge >= 0.3 is 0 Å². The quantitative estimate of drug-likeness (QED) is 0.672. The maximum absolute atomic E-state index is 13.6. The van der Waals surface area contributed by atoms with Crippen LogP contribution in [0.3, 0.4) is 0 Å². The third-order valence-electron chi connectivity index (χ3n) is 6.14. The zero-order chi connectivity index (χ0) is 23.6. The summed E-state index contributed by atoms with van der Waals surface area (Å²) in [6, 6.07) is 5.03. The monoisotopic (exact) mass is 491 g/mol. The number of nitrogens with one attached hydrogen (secondary N) is 1. The minimum Gasteiger partial charge on any atom is -0.370 e. The molecule has 1 N–H and O–H groups in total. The van der Waals surface area contributed by atoms with E-state index < -0.39 is 10.0 Å². The Balaban J connectivity index is 1.66. The van der Waals surface area contributed by atoms with Gasteiger partial charge in [0, 0.05) is 37.2 Å². The number of benzene rings is 1. The smallest absolute Gasteiger partial charge is 0.257 e. The summed E-state index contributed by atoms with van der Waals surface area (Å²) in [7, 11) is -3.70. The van der Waals surface area contributed by atoms with Crippen molar-refractivity contribution in [2.75, 3.05) is 36.4 Å². The van der Waals surface area contributed by atoms with Crippen LogP contribution in [0.1, 0.15) is 74.7 Å². The van der Waals surface area contributed by atoms with Crippen LogP contribution in [0.2, 0.25) is 0 Å². The Morgan fingerprint density at radius 2 is 1.61 bits per heavy atom. The molecule has 2 aliphatic rings. The molecule has 2 fully saturated rings. The minimum absolute atomic E-state index is 0.160. The third-order valence-corrected chi connectivity index (χ3v) is 9.33. The molecular formula is C23H33N5O3S2. The van der Waals surface area contributed by atoms with E-state index in [9.17, 15) is 13.2 Å². The topological polar surface area (TPSA) is 95.5 Å². The average molecular weight is 492 g/mol. The number of anilines is 2. The lowest BCUT2D eigenvalue weighted by molar-refractivity contribution is 0.102. The Morgan fingerprint density at radius 3 is 2.21 bits per heavy atom. The second-order valence-corrected chi connectivity index (χ2v) is 12.7. The van der Waals surface area contributed by atoms with E-state index in [0.717, 1.165) is 56.6 Å². The van der Waals surface area contributed by atoms with Gasteiger partial charge in [-0.3, -0.25) is 10.1 Å². The second-order valence-electron chi connectivity index (χ2n) is 9.81. The minimum atomic E-state index is -3.70. The largest absolute Gasteiger partial charge is 0.370 e. The molecule has 4 rings (SSSR count). The van der Waals surface area contributed by atoms with E-state index in [-0.39, 0.29) is 16.2 Å². The second kappa shape index (κ2) is 9.68. The third kappa shape index (κ3) is 5.38. The molecule has 0 spiro atoms. The molecular weight excluding hydrogens is 458 g/mol. The molecule has 0 unspecified atom stereocenters. The van der Waals surface area contributed by atoms with Crippen molar-refractivity contribution in [1.29, 1.82) is 0 Å². The molecule has 180 valence electrons. The van der Waals surface area contributed by atoms with Gasteiger partial charge in [0.05, 0.1) is 5.69 Å². The van der Waals surface area contributed by atoms with Crippen molar-refractivity contribution >= 4 is 38.1 Å². The van der Waals surface area contributed by atoms with Crippen molar-refractivity contribution in [2.45, 2.75) is 69.6 Å². The van der Waals surface area contributed by atoms with E-state index in [1.165, 1.54) is 17.4 Å². The first-order chi connectivity index (χ1) is 15.7. The van der Waals surface area contributed by atoms with Crippen molar-refractivity contribution in [1.82, 2.24) is 14.5 Å². The highest BCUT2D eigenvalue weighted by atomic mass is 32.2. The maximum atomic E-state index is 13.6. The molecule has 10 heteroatoms. The van der Waals surface area contributed by atoms with Gasteiger partial charge < -0.3 is 4.90 Å². The van der Waals surface area contributed by atoms with E-state index in [1.807, 2.05) is 20.8 Å². The predicted molar refractivity (Wildman–Crippen MR) is 132 cm³/mol. The fraction of sp³-hybridized carbons (Fsp3) is 0.609. The lowest BCUT2D eigenvalue weighted by Crippen LogP contribution is -2.37. The van der Waals surface area contributed by atoms with Gasteiger partial charge in [0.25, 0.3) is 5.91 Å². The van der Waals surface area contributed by atoms with Crippen LogP contribution in [0.4, 0.5) is 10.8 Å². The first kappa shape index (κ1) is 24.1. The number of aromatic nitrogens is 2. The molecule has 0 radical (unpaired) electrons. The van der Waals surface area contributed by atoms with Gasteiger partial charge in [0.1, 0.15) is 9.90 Å². The van der Waals surface area contributed by atoms with Crippen molar-refractivity contribution < 1.29 is 13.2 Å². The van der Waals surface area contributed by atoms with E-state index in [1.54, 1.807) is 16.4 Å². The van der Waals surface area contributed by atoms with Crippen LogP contribution in [0.5, 0.6) is 0 Å². The first-order valence-electron chi connectivity index (χ1n) is 11.7. The number of sulfonamides is 1. The van der Waals surface area contributed by atoms with Crippen molar-refractivity contribution in [3.05, 3.63) is 28.8 Å². The zero-order valence-corrected chi connectivity index (χ0v) is 21.3. The standard InChI is InChI=1S/C23H33N5O3S2/c1-23(2,3)21-25-26-22(32-21)24-20(29)17-10-11-18(27-12-6-4-7-13-27)19(16-17)33(30,31)28-14-8-5-9-15-28/h10-11,16H,4-9,12-15H2,1-3H3,(H,24,26,29). The Morgan fingerprint density at radius 1 is 0.970 bits per heavy atom. The van der Waals surface area contributed by atoms with Crippen molar-refractivity contribution in [2.24, 2.45) is 0 Å². The molecule has 0 saturated carbocycles. The normalized spacial score (nSPS) is 18.3. The molecule has 0 bridgehead atoms. The highest BCUT2D eigenvalue weighted by molar-refractivity contribution is 7.89. The molecule has 3 heterocycles. The van der Waals surface area contributed by atoms with Gasteiger partial charge in [-0.25, -0.2) is 8.42 Å². The van der Waals surface area contributed by atoms with E-state index in [4.69, 9.17) is 0 Å². The highest BCUT2D eigenvalue weighted by Gasteiger charge is 2.31. The Labute approximate surface area is 200 Å². The van der Waals surface area contributed by atoms with Crippen LogP contribution < -0.4 is 10.2 Å². The van der Waals surface area contributed by atoms with Gasteiger partial charge in [0.15, 0.2) is 0 Å². The van der Waals surface area contributed by atoms with E-state index in [2.05, 4.69) is 20.4 Å². The number of piperidine rings is 2. The number of nitrogens with zero attached hydrogens (tertiary/aromatic N) is 4. The first-order valence-corrected chi connectivity index (χ1v) is 14.0. The summed E-state index contributed by atoms with van der Waals surface area (Å²) in [6.45, 7) is 8.82. The van der Waals surface area contributed by atoms with Crippen LogP contribution in [-0.4, -0.2) is 55.0 Å².